The van der Waals surface area contributed by atoms with Gasteiger partial charge in [0, 0.05) is 12.7 Å². The third-order valence-corrected chi connectivity index (χ3v) is 2.27. The molecule has 14 heavy (non-hydrogen) atoms. The second-order valence-electron chi connectivity index (χ2n) is 3.29. The molecule has 1 aromatic heterocycles. The van der Waals surface area contributed by atoms with Crippen molar-refractivity contribution < 1.29 is 0 Å². The van der Waals surface area contributed by atoms with E-state index in [1.807, 2.05) is 17.8 Å². The lowest BCUT2D eigenvalue weighted by atomic mass is 10.3. The van der Waals surface area contributed by atoms with Gasteiger partial charge in [0.2, 0.25) is 0 Å². The molecule has 0 spiro atoms. The highest BCUT2D eigenvalue weighted by atomic mass is 35.5. The summed E-state index contributed by atoms with van der Waals surface area (Å²) >= 11 is 5.89. The fourth-order valence-corrected chi connectivity index (χ4v) is 1.31. The average Bonchev–Trinajstić information content (AvgIpc) is 2.42. The van der Waals surface area contributed by atoms with E-state index in [1.54, 1.807) is 0 Å². The van der Waals surface area contributed by atoms with Crippen LogP contribution in [0, 0.1) is 6.92 Å². The lowest BCUT2D eigenvalue weighted by molar-refractivity contribution is 0.640. The van der Waals surface area contributed by atoms with E-state index < -0.39 is 0 Å². The Morgan fingerprint density at radius 2 is 2.43 bits per heavy atom. The van der Waals surface area contributed by atoms with Gasteiger partial charge >= 0.3 is 0 Å². The molecule has 0 aromatic carbocycles. The first-order valence-electron chi connectivity index (χ1n) is 4.70. The number of hydrogen-bond acceptors (Lipinski definition) is 2. The molecule has 3 nitrogen and oxygen atoms in total. The van der Waals surface area contributed by atoms with E-state index in [9.17, 15) is 0 Å². The van der Waals surface area contributed by atoms with E-state index in [4.69, 9.17) is 11.6 Å². The Bertz CT molecular complexity index is 298. The predicted octanol–water partition coefficient (Wildman–Crippen LogP) is 2.01. The lowest BCUT2D eigenvalue weighted by Crippen LogP contribution is -2.18. The first-order valence-corrected chi connectivity index (χ1v) is 5.08. The molecule has 0 bridgehead atoms. The second-order valence-corrected chi connectivity index (χ2v) is 3.70. The van der Waals surface area contributed by atoms with Crippen LogP contribution in [0.5, 0.6) is 0 Å². The van der Waals surface area contributed by atoms with Crippen LogP contribution >= 0.6 is 11.6 Å². The number of likely N-dealkylation sites (N-methyl/N-ethyl adjacent to an activating group) is 1. The molecule has 0 aliphatic carbocycles. The predicted molar refractivity (Wildman–Crippen MR) is 59.7 cm³/mol. The van der Waals surface area contributed by atoms with Gasteiger partial charge in [-0.05, 0) is 19.0 Å². The summed E-state index contributed by atoms with van der Waals surface area (Å²) in [4.78, 5) is 0. The molecular formula is C10H16ClN3. The van der Waals surface area contributed by atoms with Crippen molar-refractivity contribution in [2.24, 2.45) is 0 Å². The van der Waals surface area contributed by atoms with Crippen molar-refractivity contribution in [3.8, 4) is 0 Å². The van der Waals surface area contributed by atoms with Crippen molar-refractivity contribution in [1.29, 1.82) is 0 Å². The molecule has 0 aliphatic rings. The molecule has 0 radical (unpaired) electrons. The minimum atomic E-state index is 0.709. The van der Waals surface area contributed by atoms with Gasteiger partial charge in [0.05, 0.1) is 17.3 Å². The van der Waals surface area contributed by atoms with Gasteiger partial charge in [-0.2, -0.15) is 5.10 Å². The van der Waals surface area contributed by atoms with Crippen molar-refractivity contribution in [1.82, 2.24) is 15.1 Å². The van der Waals surface area contributed by atoms with Gasteiger partial charge in [-0.15, -0.1) is 0 Å². The van der Waals surface area contributed by atoms with Crippen molar-refractivity contribution in [3.63, 3.8) is 0 Å². The summed E-state index contributed by atoms with van der Waals surface area (Å²) in [7, 11) is 0. The molecular weight excluding hydrogens is 198 g/mol. The van der Waals surface area contributed by atoms with E-state index in [0.717, 1.165) is 30.9 Å². The first kappa shape index (κ1) is 11.3. The Kier molecular flexibility index (Phi) is 4.17. The molecule has 4 heteroatoms. The Hall–Kier alpha value is -0.800. The zero-order valence-corrected chi connectivity index (χ0v) is 9.43. The minimum absolute atomic E-state index is 0.709. The highest BCUT2D eigenvalue weighted by molar-refractivity contribution is 6.31. The smallest absolute Gasteiger partial charge is 0.0815 e. The number of hydrogen-bond donors (Lipinski definition) is 1. The number of rotatable bonds is 5. The topological polar surface area (TPSA) is 29.9 Å². The number of nitrogens with zero attached hydrogens (tertiary/aromatic N) is 2. The van der Waals surface area contributed by atoms with E-state index in [0.29, 0.717) is 5.02 Å². The molecule has 1 rings (SSSR count). The summed E-state index contributed by atoms with van der Waals surface area (Å²) in [6.07, 6.45) is 1.83. The molecule has 1 heterocycles. The normalized spacial score (nSPS) is 10.5. The standard InChI is InChI=1S/C10H16ClN3/c1-4-12-5-8(2)6-14-7-10(11)9(3)13-14/h7,12H,2,4-6H2,1,3H3. The average molecular weight is 214 g/mol. The Balaban J connectivity index is 2.48. The van der Waals surface area contributed by atoms with Crippen LogP contribution in [0.15, 0.2) is 18.3 Å². The van der Waals surface area contributed by atoms with Crippen LogP contribution in [0.25, 0.3) is 0 Å². The second kappa shape index (κ2) is 5.17. The zero-order valence-electron chi connectivity index (χ0n) is 8.68. The van der Waals surface area contributed by atoms with Crippen molar-refractivity contribution in [2.75, 3.05) is 13.1 Å². The van der Waals surface area contributed by atoms with Crippen LogP contribution in [0.4, 0.5) is 0 Å². The van der Waals surface area contributed by atoms with Gasteiger partial charge in [0.1, 0.15) is 0 Å². The molecule has 0 saturated heterocycles. The third-order valence-electron chi connectivity index (χ3n) is 1.90. The van der Waals surface area contributed by atoms with Crippen LogP contribution in [-0.2, 0) is 6.54 Å². The van der Waals surface area contributed by atoms with Crippen LogP contribution in [0.1, 0.15) is 12.6 Å². The van der Waals surface area contributed by atoms with Crippen LogP contribution < -0.4 is 5.32 Å². The Morgan fingerprint density at radius 1 is 1.71 bits per heavy atom. The van der Waals surface area contributed by atoms with E-state index >= 15 is 0 Å². The summed E-state index contributed by atoms with van der Waals surface area (Å²) in [5.74, 6) is 0. The van der Waals surface area contributed by atoms with Crippen LogP contribution in [0.3, 0.4) is 0 Å². The van der Waals surface area contributed by atoms with Gasteiger partial charge in [0.25, 0.3) is 0 Å². The molecule has 78 valence electrons. The number of nitrogens with one attached hydrogen (secondary N) is 1. The molecule has 0 unspecified atom stereocenters. The molecule has 0 saturated carbocycles. The summed E-state index contributed by atoms with van der Waals surface area (Å²) in [5, 5.41) is 8.18. The monoisotopic (exact) mass is 213 g/mol. The van der Waals surface area contributed by atoms with Gasteiger partial charge in [-0.25, -0.2) is 0 Å². The molecule has 1 N–H and O–H groups in total. The highest BCUT2D eigenvalue weighted by Gasteiger charge is 2.02. The van der Waals surface area contributed by atoms with Gasteiger partial charge in [0.15, 0.2) is 0 Å². The van der Waals surface area contributed by atoms with Crippen molar-refractivity contribution >= 4 is 11.6 Å². The maximum Gasteiger partial charge on any atom is 0.0815 e. The first-order chi connectivity index (χ1) is 6.63. The molecule has 0 fully saturated rings. The van der Waals surface area contributed by atoms with Crippen LogP contribution in [0.2, 0.25) is 5.02 Å². The largest absolute Gasteiger partial charge is 0.313 e. The Labute approximate surface area is 89.8 Å². The molecule has 1 aromatic rings. The third kappa shape index (κ3) is 3.16. The maximum absolute atomic E-state index is 5.89. The van der Waals surface area contributed by atoms with E-state index in [2.05, 4.69) is 23.9 Å². The molecule has 0 atom stereocenters. The van der Waals surface area contributed by atoms with E-state index in [1.165, 1.54) is 0 Å². The summed E-state index contributed by atoms with van der Waals surface area (Å²) in [6.45, 7) is 10.4. The van der Waals surface area contributed by atoms with Gasteiger partial charge < -0.3 is 5.32 Å². The number of aromatic nitrogens is 2. The molecule has 0 aliphatic heterocycles. The summed E-state index contributed by atoms with van der Waals surface area (Å²) in [6, 6.07) is 0. The van der Waals surface area contributed by atoms with Crippen LogP contribution in [-0.4, -0.2) is 22.9 Å². The minimum Gasteiger partial charge on any atom is -0.313 e. The maximum atomic E-state index is 5.89. The van der Waals surface area contributed by atoms with Crippen molar-refractivity contribution in [3.05, 3.63) is 29.1 Å². The van der Waals surface area contributed by atoms with Crippen molar-refractivity contribution in [2.45, 2.75) is 20.4 Å². The number of halogens is 1. The van der Waals surface area contributed by atoms with Gasteiger partial charge in [-0.3, -0.25) is 4.68 Å². The summed E-state index contributed by atoms with van der Waals surface area (Å²) < 4.78 is 1.82. The quantitative estimate of drug-likeness (QED) is 0.759. The fraction of sp³-hybridized carbons (Fsp3) is 0.500. The Morgan fingerprint density at radius 3 is 2.93 bits per heavy atom. The lowest BCUT2D eigenvalue weighted by Gasteiger charge is -2.05. The van der Waals surface area contributed by atoms with Gasteiger partial charge in [-0.1, -0.05) is 25.1 Å². The SMILES string of the molecule is C=C(CNCC)Cn1cc(Cl)c(C)n1. The number of aryl methyl sites for hydroxylation is 1. The van der Waals surface area contributed by atoms with E-state index in [-0.39, 0.29) is 0 Å². The zero-order chi connectivity index (χ0) is 10.6. The summed E-state index contributed by atoms with van der Waals surface area (Å²) in [5.41, 5.74) is 1.97. The molecule has 0 amide bonds. The fourth-order valence-electron chi connectivity index (χ4n) is 1.16. The highest BCUT2D eigenvalue weighted by Crippen LogP contribution is 2.12.